The molecule has 0 aromatic rings. The minimum atomic E-state index is -0.175. The van der Waals surface area contributed by atoms with E-state index in [4.69, 9.17) is 9.47 Å². The van der Waals surface area contributed by atoms with Crippen LogP contribution in [0, 0.1) is 0 Å². The van der Waals surface area contributed by atoms with Gasteiger partial charge in [0.1, 0.15) is 0 Å². The topological polar surface area (TPSA) is 55.8 Å². The zero-order valence-corrected chi connectivity index (χ0v) is 10.4. The molecule has 0 N–H and O–H groups in total. The van der Waals surface area contributed by atoms with Crippen LogP contribution in [0.15, 0.2) is 0 Å². The number of carbonyl (C=O) groups excluding carboxylic acids is 2. The van der Waals surface area contributed by atoms with Crippen molar-refractivity contribution in [2.75, 3.05) is 32.9 Å². The zero-order valence-electron chi connectivity index (χ0n) is 10.4. The van der Waals surface area contributed by atoms with E-state index in [1.165, 1.54) is 0 Å². The Balaban J connectivity index is 2.05. The Morgan fingerprint density at radius 1 is 1.24 bits per heavy atom. The second kappa shape index (κ2) is 8.06. The molecular formula is C12H21NO4. The van der Waals surface area contributed by atoms with Crippen LogP contribution in [0.1, 0.15) is 32.6 Å². The van der Waals surface area contributed by atoms with Crippen LogP contribution in [0.2, 0.25) is 0 Å². The predicted molar refractivity (Wildman–Crippen MR) is 62.5 cm³/mol. The standard InChI is InChI=1S/C12H21NO4/c1-2-4-12(15)17-8-3-5-11(14)13-6-9-16-10-7-13/h2-10H2,1H3. The van der Waals surface area contributed by atoms with Crippen molar-refractivity contribution in [2.45, 2.75) is 32.6 Å². The van der Waals surface area contributed by atoms with Gasteiger partial charge in [-0.1, -0.05) is 6.92 Å². The first-order valence-electron chi connectivity index (χ1n) is 6.25. The molecule has 0 atom stereocenters. The lowest BCUT2D eigenvalue weighted by Gasteiger charge is -2.26. The van der Waals surface area contributed by atoms with Gasteiger partial charge in [-0.15, -0.1) is 0 Å². The monoisotopic (exact) mass is 243 g/mol. The molecule has 1 rings (SSSR count). The summed E-state index contributed by atoms with van der Waals surface area (Å²) in [6.07, 6.45) is 2.30. The summed E-state index contributed by atoms with van der Waals surface area (Å²) in [6, 6.07) is 0. The van der Waals surface area contributed by atoms with Crippen molar-refractivity contribution < 1.29 is 19.1 Å². The fraction of sp³-hybridized carbons (Fsp3) is 0.833. The molecule has 1 aliphatic heterocycles. The van der Waals surface area contributed by atoms with Crippen LogP contribution in [-0.2, 0) is 19.1 Å². The summed E-state index contributed by atoms with van der Waals surface area (Å²) in [5, 5.41) is 0. The van der Waals surface area contributed by atoms with Gasteiger partial charge in [0.25, 0.3) is 0 Å². The van der Waals surface area contributed by atoms with Crippen LogP contribution < -0.4 is 0 Å². The summed E-state index contributed by atoms with van der Waals surface area (Å²) in [7, 11) is 0. The van der Waals surface area contributed by atoms with E-state index in [2.05, 4.69) is 0 Å². The quantitative estimate of drug-likeness (QED) is 0.515. The normalized spacial score (nSPS) is 15.7. The van der Waals surface area contributed by atoms with Gasteiger partial charge in [-0.2, -0.15) is 0 Å². The average molecular weight is 243 g/mol. The molecule has 0 saturated carbocycles. The van der Waals surface area contributed by atoms with E-state index in [1.54, 1.807) is 4.90 Å². The molecule has 0 aromatic carbocycles. The minimum absolute atomic E-state index is 0.125. The van der Waals surface area contributed by atoms with Gasteiger partial charge in [0.05, 0.1) is 19.8 Å². The first-order valence-corrected chi connectivity index (χ1v) is 6.25. The number of amides is 1. The predicted octanol–water partition coefficient (Wildman–Crippen LogP) is 0.969. The van der Waals surface area contributed by atoms with Crippen LogP contribution in [-0.4, -0.2) is 49.7 Å². The lowest BCUT2D eigenvalue weighted by Crippen LogP contribution is -2.40. The van der Waals surface area contributed by atoms with Crippen molar-refractivity contribution >= 4 is 11.9 Å². The van der Waals surface area contributed by atoms with Crippen LogP contribution in [0.5, 0.6) is 0 Å². The molecule has 0 unspecified atom stereocenters. The molecule has 1 fully saturated rings. The van der Waals surface area contributed by atoms with Gasteiger partial charge < -0.3 is 14.4 Å². The third kappa shape index (κ3) is 5.68. The first-order chi connectivity index (χ1) is 8.24. The molecule has 1 saturated heterocycles. The van der Waals surface area contributed by atoms with E-state index >= 15 is 0 Å². The van der Waals surface area contributed by atoms with Crippen molar-refractivity contribution in [3.63, 3.8) is 0 Å². The Kier molecular flexibility index (Phi) is 6.62. The van der Waals surface area contributed by atoms with Gasteiger partial charge in [0, 0.05) is 25.9 Å². The van der Waals surface area contributed by atoms with Gasteiger partial charge >= 0.3 is 5.97 Å². The molecule has 1 amide bonds. The largest absolute Gasteiger partial charge is 0.466 e. The Labute approximate surface area is 102 Å². The highest BCUT2D eigenvalue weighted by molar-refractivity contribution is 5.76. The van der Waals surface area contributed by atoms with Gasteiger partial charge in [-0.05, 0) is 12.8 Å². The van der Waals surface area contributed by atoms with Crippen LogP contribution in [0.25, 0.3) is 0 Å². The highest BCUT2D eigenvalue weighted by Crippen LogP contribution is 2.03. The second-order valence-corrected chi connectivity index (χ2v) is 4.07. The maximum atomic E-state index is 11.7. The van der Waals surface area contributed by atoms with Crippen molar-refractivity contribution in [1.29, 1.82) is 0 Å². The number of nitrogens with zero attached hydrogens (tertiary/aromatic N) is 1. The molecular weight excluding hydrogens is 222 g/mol. The highest BCUT2D eigenvalue weighted by Gasteiger charge is 2.16. The van der Waals surface area contributed by atoms with Crippen LogP contribution >= 0.6 is 0 Å². The molecule has 0 aliphatic carbocycles. The summed E-state index contributed by atoms with van der Waals surface area (Å²) in [4.78, 5) is 24.6. The third-order valence-corrected chi connectivity index (χ3v) is 2.62. The number of morpholine rings is 1. The number of ether oxygens (including phenoxy) is 2. The maximum absolute atomic E-state index is 11.7. The first kappa shape index (κ1) is 14.0. The molecule has 5 heteroatoms. The Morgan fingerprint density at radius 2 is 1.94 bits per heavy atom. The molecule has 0 aromatic heterocycles. The average Bonchev–Trinajstić information content (AvgIpc) is 2.36. The summed E-state index contributed by atoms with van der Waals surface area (Å²) >= 11 is 0. The van der Waals surface area contributed by atoms with Gasteiger partial charge in [-0.3, -0.25) is 9.59 Å². The number of esters is 1. The minimum Gasteiger partial charge on any atom is -0.466 e. The van der Waals surface area contributed by atoms with E-state index < -0.39 is 0 Å². The summed E-state index contributed by atoms with van der Waals surface area (Å²) in [5.41, 5.74) is 0. The van der Waals surface area contributed by atoms with E-state index in [0.29, 0.717) is 52.2 Å². The molecule has 0 bridgehead atoms. The fourth-order valence-corrected chi connectivity index (χ4v) is 1.66. The van der Waals surface area contributed by atoms with Crippen LogP contribution in [0.4, 0.5) is 0 Å². The Bertz CT molecular complexity index is 249. The fourth-order valence-electron chi connectivity index (χ4n) is 1.66. The Morgan fingerprint density at radius 3 is 2.59 bits per heavy atom. The van der Waals surface area contributed by atoms with Gasteiger partial charge in [0.2, 0.25) is 5.91 Å². The smallest absolute Gasteiger partial charge is 0.305 e. The van der Waals surface area contributed by atoms with E-state index in [-0.39, 0.29) is 11.9 Å². The van der Waals surface area contributed by atoms with E-state index in [0.717, 1.165) is 6.42 Å². The highest BCUT2D eigenvalue weighted by atomic mass is 16.5. The molecule has 17 heavy (non-hydrogen) atoms. The summed E-state index contributed by atoms with van der Waals surface area (Å²) in [5.74, 6) is -0.0499. The molecule has 1 heterocycles. The molecule has 0 spiro atoms. The molecule has 5 nitrogen and oxygen atoms in total. The van der Waals surface area contributed by atoms with Crippen molar-refractivity contribution in [3.8, 4) is 0 Å². The SMILES string of the molecule is CCCC(=O)OCCCC(=O)N1CCOCC1. The summed E-state index contributed by atoms with van der Waals surface area (Å²) < 4.78 is 10.2. The lowest BCUT2D eigenvalue weighted by molar-refractivity contribution is -0.145. The number of hydrogen-bond acceptors (Lipinski definition) is 4. The molecule has 0 radical (unpaired) electrons. The Hall–Kier alpha value is -1.10. The third-order valence-electron chi connectivity index (χ3n) is 2.62. The molecule has 98 valence electrons. The summed E-state index contributed by atoms with van der Waals surface area (Å²) in [6.45, 7) is 4.87. The maximum Gasteiger partial charge on any atom is 0.305 e. The van der Waals surface area contributed by atoms with Crippen LogP contribution in [0.3, 0.4) is 0 Å². The number of rotatable bonds is 6. The number of hydrogen-bond donors (Lipinski definition) is 0. The van der Waals surface area contributed by atoms with Gasteiger partial charge in [-0.25, -0.2) is 0 Å². The second-order valence-electron chi connectivity index (χ2n) is 4.07. The van der Waals surface area contributed by atoms with Crippen molar-refractivity contribution in [1.82, 2.24) is 4.90 Å². The molecule has 1 aliphatic rings. The number of carbonyl (C=O) groups is 2. The zero-order chi connectivity index (χ0) is 12.5. The van der Waals surface area contributed by atoms with Gasteiger partial charge in [0.15, 0.2) is 0 Å². The van der Waals surface area contributed by atoms with E-state index in [9.17, 15) is 9.59 Å². The van der Waals surface area contributed by atoms with E-state index in [1.807, 2.05) is 6.92 Å². The lowest BCUT2D eigenvalue weighted by atomic mass is 10.2. The van der Waals surface area contributed by atoms with Crippen molar-refractivity contribution in [3.05, 3.63) is 0 Å². The van der Waals surface area contributed by atoms with Crippen molar-refractivity contribution in [2.24, 2.45) is 0 Å².